The standard InChI is InChI=1S/C8H19NO2S/c1-3-8(4-5-9)12(10)7-6-11-2/h8H,3-7,9H2,1-2H3. The summed E-state index contributed by atoms with van der Waals surface area (Å²) in [5.74, 6) is 0.634. The third kappa shape index (κ3) is 4.85. The van der Waals surface area contributed by atoms with Crippen LogP contribution in [0.15, 0.2) is 0 Å². The van der Waals surface area contributed by atoms with Crippen molar-refractivity contribution in [2.75, 3.05) is 26.0 Å². The van der Waals surface area contributed by atoms with E-state index in [1.165, 1.54) is 0 Å². The SMILES string of the molecule is CCC(CCN)S(=O)CCOC. The predicted octanol–water partition coefficient (Wildman–Crippen LogP) is 0.509. The van der Waals surface area contributed by atoms with Gasteiger partial charge in [0.2, 0.25) is 0 Å². The minimum Gasteiger partial charge on any atom is -0.384 e. The Bertz CT molecular complexity index is 130. The number of hydrogen-bond donors (Lipinski definition) is 1. The molecule has 0 saturated heterocycles. The van der Waals surface area contributed by atoms with Crippen molar-refractivity contribution in [2.45, 2.75) is 25.0 Å². The van der Waals surface area contributed by atoms with E-state index in [1.807, 2.05) is 6.92 Å². The molecule has 0 aromatic heterocycles. The highest BCUT2D eigenvalue weighted by molar-refractivity contribution is 7.85. The van der Waals surface area contributed by atoms with Gasteiger partial charge < -0.3 is 10.5 Å². The van der Waals surface area contributed by atoms with Crippen LogP contribution in [0.1, 0.15) is 19.8 Å². The van der Waals surface area contributed by atoms with Gasteiger partial charge in [0, 0.05) is 28.9 Å². The van der Waals surface area contributed by atoms with Crippen molar-refractivity contribution in [3.05, 3.63) is 0 Å². The molecule has 0 spiro atoms. The zero-order valence-corrected chi connectivity index (χ0v) is 8.73. The van der Waals surface area contributed by atoms with E-state index < -0.39 is 10.8 Å². The van der Waals surface area contributed by atoms with Crippen molar-refractivity contribution < 1.29 is 8.95 Å². The minimum absolute atomic E-state index is 0.255. The van der Waals surface area contributed by atoms with Gasteiger partial charge in [-0.15, -0.1) is 0 Å². The van der Waals surface area contributed by atoms with E-state index in [9.17, 15) is 4.21 Å². The Morgan fingerprint density at radius 2 is 2.25 bits per heavy atom. The summed E-state index contributed by atoms with van der Waals surface area (Å²) in [6.07, 6.45) is 1.79. The first-order valence-electron chi connectivity index (χ1n) is 4.32. The zero-order chi connectivity index (χ0) is 9.40. The van der Waals surface area contributed by atoms with E-state index in [2.05, 4.69) is 0 Å². The van der Waals surface area contributed by atoms with Gasteiger partial charge in [-0.3, -0.25) is 4.21 Å². The second-order valence-corrected chi connectivity index (χ2v) is 4.52. The van der Waals surface area contributed by atoms with Crippen LogP contribution in [-0.4, -0.2) is 35.5 Å². The summed E-state index contributed by atoms with van der Waals surface area (Å²) in [5, 5.41) is 0.255. The van der Waals surface area contributed by atoms with E-state index in [1.54, 1.807) is 7.11 Å². The maximum atomic E-state index is 11.5. The summed E-state index contributed by atoms with van der Waals surface area (Å²) < 4.78 is 16.4. The smallest absolute Gasteiger partial charge is 0.0577 e. The number of hydrogen-bond acceptors (Lipinski definition) is 3. The van der Waals surface area contributed by atoms with Gasteiger partial charge in [-0.25, -0.2) is 0 Å². The fourth-order valence-electron chi connectivity index (χ4n) is 1.04. The molecule has 0 heterocycles. The Balaban J connectivity index is 3.69. The van der Waals surface area contributed by atoms with E-state index in [0.29, 0.717) is 18.9 Å². The van der Waals surface area contributed by atoms with E-state index in [-0.39, 0.29) is 5.25 Å². The number of nitrogens with two attached hydrogens (primary N) is 1. The monoisotopic (exact) mass is 193 g/mol. The number of methoxy groups -OCH3 is 1. The van der Waals surface area contributed by atoms with E-state index >= 15 is 0 Å². The highest BCUT2D eigenvalue weighted by Crippen LogP contribution is 2.06. The second kappa shape index (κ2) is 7.71. The van der Waals surface area contributed by atoms with Crippen LogP contribution in [0.25, 0.3) is 0 Å². The van der Waals surface area contributed by atoms with Gasteiger partial charge in [-0.05, 0) is 19.4 Å². The van der Waals surface area contributed by atoms with Crippen molar-refractivity contribution in [2.24, 2.45) is 5.73 Å². The lowest BCUT2D eigenvalue weighted by Gasteiger charge is -2.12. The molecule has 0 aliphatic heterocycles. The van der Waals surface area contributed by atoms with Crippen LogP contribution >= 0.6 is 0 Å². The molecular weight excluding hydrogens is 174 g/mol. The molecule has 0 amide bonds. The maximum Gasteiger partial charge on any atom is 0.0577 e. The van der Waals surface area contributed by atoms with Gasteiger partial charge in [0.25, 0.3) is 0 Å². The summed E-state index contributed by atoms with van der Waals surface area (Å²) in [7, 11) is 0.863. The predicted molar refractivity (Wildman–Crippen MR) is 52.6 cm³/mol. The molecular formula is C8H19NO2S. The summed E-state index contributed by atoms with van der Waals surface area (Å²) >= 11 is 0. The van der Waals surface area contributed by atoms with Crippen molar-refractivity contribution in [1.82, 2.24) is 0 Å². The van der Waals surface area contributed by atoms with Gasteiger partial charge in [0.15, 0.2) is 0 Å². The largest absolute Gasteiger partial charge is 0.384 e. The fraction of sp³-hybridized carbons (Fsp3) is 1.00. The van der Waals surface area contributed by atoms with Gasteiger partial charge in [0.1, 0.15) is 0 Å². The van der Waals surface area contributed by atoms with Crippen LogP contribution in [-0.2, 0) is 15.5 Å². The Morgan fingerprint density at radius 1 is 1.58 bits per heavy atom. The summed E-state index contributed by atoms with van der Waals surface area (Å²) in [5.41, 5.74) is 5.41. The third-order valence-corrected chi connectivity index (χ3v) is 3.69. The molecule has 4 heteroatoms. The second-order valence-electron chi connectivity index (χ2n) is 2.69. The Kier molecular flexibility index (Phi) is 7.75. The molecule has 2 unspecified atom stereocenters. The lowest BCUT2D eigenvalue weighted by atomic mass is 10.2. The Labute approximate surface area is 77.1 Å². The van der Waals surface area contributed by atoms with Gasteiger partial charge in [-0.1, -0.05) is 6.92 Å². The molecule has 0 aliphatic rings. The lowest BCUT2D eigenvalue weighted by molar-refractivity contribution is 0.218. The van der Waals surface area contributed by atoms with Crippen LogP contribution in [0.4, 0.5) is 0 Å². The molecule has 0 bridgehead atoms. The van der Waals surface area contributed by atoms with Crippen LogP contribution in [0.3, 0.4) is 0 Å². The number of ether oxygens (including phenoxy) is 1. The van der Waals surface area contributed by atoms with Crippen LogP contribution in [0, 0.1) is 0 Å². The zero-order valence-electron chi connectivity index (χ0n) is 7.91. The molecule has 0 aromatic rings. The molecule has 3 nitrogen and oxygen atoms in total. The molecule has 74 valence electrons. The third-order valence-electron chi connectivity index (χ3n) is 1.80. The molecule has 0 aliphatic carbocycles. The highest BCUT2D eigenvalue weighted by Gasteiger charge is 2.12. The van der Waals surface area contributed by atoms with Crippen molar-refractivity contribution in [3.8, 4) is 0 Å². The first-order chi connectivity index (χ1) is 5.76. The van der Waals surface area contributed by atoms with Gasteiger partial charge >= 0.3 is 0 Å². The number of rotatable bonds is 7. The van der Waals surface area contributed by atoms with Gasteiger partial charge in [-0.2, -0.15) is 0 Å². The fourth-order valence-corrected chi connectivity index (χ4v) is 2.47. The molecule has 2 atom stereocenters. The van der Waals surface area contributed by atoms with Crippen molar-refractivity contribution >= 4 is 10.8 Å². The van der Waals surface area contributed by atoms with Crippen LogP contribution in [0.5, 0.6) is 0 Å². The topological polar surface area (TPSA) is 52.3 Å². The maximum absolute atomic E-state index is 11.5. The average molecular weight is 193 g/mol. The van der Waals surface area contributed by atoms with Crippen molar-refractivity contribution in [1.29, 1.82) is 0 Å². The summed E-state index contributed by atoms with van der Waals surface area (Å²) in [6, 6.07) is 0. The molecule has 12 heavy (non-hydrogen) atoms. The Morgan fingerprint density at radius 3 is 2.67 bits per heavy atom. The first kappa shape index (κ1) is 12.1. The van der Waals surface area contributed by atoms with Crippen LogP contribution in [0.2, 0.25) is 0 Å². The molecule has 2 N–H and O–H groups in total. The Hall–Kier alpha value is 0.0700. The summed E-state index contributed by atoms with van der Waals surface area (Å²) in [6.45, 7) is 3.25. The van der Waals surface area contributed by atoms with Crippen molar-refractivity contribution in [3.63, 3.8) is 0 Å². The average Bonchev–Trinajstić information content (AvgIpc) is 2.10. The van der Waals surface area contributed by atoms with Gasteiger partial charge in [0.05, 0.1) is 6.61 Å². The molecule has 0 saturated carbocycles. The quantitative estimate of drug-likeness (QED) is 0.641. The molecule has 0 aromatic carbocycles. The molecule has 0 rings (SSSR count). The summed E-state index contributed by atoms with van der Waals surface area (Å²) in [4.78, 5) is 0. The molecule has 0 radical (unpaired) electrons. The van der Waals surface area contributed by atoms with Crippen LogP contribution < -0.4 is 5.73 Å². The normalized spacial score (nSPS) is 15.9. The first-order valence-corrected chi connectivity index (χ1v) is 5.70. The minimum atomic E-state index is -0.763. The highest BCUT2D eigenvalue weighted by atomic mass is 32.2. The molecule has 0 fully saturated rings. The van der Waals surface area contributed by atoms with E-state index in [0.717, 1.165) is 12.8 Å². The lowest BCUT2D eigenvalue weighted by Crippen LogP contribution is -2.22. The van der Waals surface area contributed by atoms with E-state index in [4.69, 9.17) is 10.5 Å².